The summed E-state index contributed by atoms with van der Waals surface area (Å²) in [7, 11) is -3.97. The molecular formula is C21H27ClN6O5S. The monoisotopic (exact) mass is 510 g/mol. The minimum Gasteiger partial charge on any atom is -0.381 e. The number of hydrogen-bond donors (Lipinski definition) is 2. The molecule has 0 unspecified atom stereocenters. The summed E-state index contributed by atoms with van der Waals surface area (Å²) in [6, 6.07) is 4.51. The van der Waals surface area contributed by atoms with E-state index >= 15 is 0 Å². The number of benzene rings is 1. The number of imidazole rings is 1. The van der Waals surface area contributed by atoms with Gasteiger partial charge < -0.3 is 10.1 Å². The lowest BCUT2D eigenvalue weighted by Crippen LogP contribution is -2.40. The molecule has 4 rings (SSSR count). The van der Waals surface area contributed by atoms with E-state index < -0.39 is 21.3 Å². The van der Waals surface area contributed by atoms with Crippen LogP contribution in [0.2, 0.25) is 5.02 Å². The summed E-state index contributed by atoms with van der Waals surface area (Å²) in [5.74, 6) is 0.445. The molecule has 0 spiro atoms. The number of halogens is 1. The van der Waals surface area contributed by atoms with E-state index in [0.29, 0.717) is 36.9 Å². The number of ether oxygens (including phenoxy) is 1. The Bertz CT molecular complexity index is 1450. The first-order valence-corrected chi connectivity index (χ1v) is 13.0. The Morgan fingerprint density at radius 1 is 1.15 bits per heavy atom. The molecule has 0 amide bonds. The van der Waals surface area contributed by atoms with Crippen molar-refractivity contribution in [1.29, 1.82) is 0 Å². The lowest BCUT2D eigenvalue weighted by atomic mass is 10.1. The molecule has 1 aliphatic heterocycles. The van der Waals surface area contributed by atoms with Crippen LogP contribution in [0.4, 0.5) is 5.95 Å². The van der Waals surface area contributed by atoms with E-state index in [9.17, 15) is 18.0 Å². The molecule has 2 aromatic heterocycles. The predicted octanol–water partition coefficient (Wildman–Crippen LogP) is 1.34. The molecule has 1 saturated heterocycles. The topological polar surface area (TPSA) is 143 Å². The van der Waals surface area contributed by atoms with Crippen LogP contribution in [0.15, 0.2) is 32.7 Å². The Morgan fingerprint density at radius 2 is 1.82 bits per heavy atom. The molecule has 1 aliphatic rings. The van der Waals surface area contributed by atoms with Crippen molar-refractivity contribution >= 4 is 38.7 Å². The second kappa shape index (κ2) is 9.53. The van der Waals surface area contributed by atoms with Crippen LogP contribution in [-0.2, 0) is 34.4 Å². The molecule has 3 heterocycles. The van der Waals surface area contributed by atoms with Crippen molar-refractivity contribution in [2.45, 2.75) is 57.3 Å². The second-order valence-electron chi connectivity index (χ2n) is 8.11. The quantitative estimate of drug-likeness (QED) is 0.488. The Labute approximate surface area is 201 Å². The highest BCUT2D eigenvalue weighted by molar-refractivity contribution is 7.89. The molecule has 0 aliphatic carbocycles. The summed E-state index contributed by atoms with van der Waals surface area (Å²) < 4.78 is 33.3. The van der Waals surface area contributed by atoms with Crippen molar-refractivity contribution in [2.24, 2.45) is 5.14 Å². The largest absolute Gasteiger partial charge is 0.381 e. The summed E-state index contributed by atoms with van der Waals surface area (Å²) in [4.78, 5) is 30.7. The zero-order valence-electron chi connectivity index (χ0n) is 19.0. The number of nitrogens with two attached hydrogens (primary N) is 1. The number of nitrogens with zero attached hydrogens (tertiary/aromatic N) is 4. The van der Waals surface area contributed by atoms with Gasteiger partial charge in [0.25, 0.3) is 5.56 Å². The molecule has 1 aromatic carbocycles. The summed E-state index contributed by atoms with van der Waals surface area (Å²) in [6.07, 6.45) is 1.55. The lowest BCUT2D eigenvalue weighted by molar-refractivity contribution is 0.0902. The fourth-order valence-electron chi connectivity index (χ4n) is 4.20. The third kappa shape index (κ3) is 4.50. The second-order valence-corrected chi connectivity index (χ2v) is 10.0. The van der Waals surface area contributed by atoms with E-state index in [4.69, 9.17) is 21.5 Å². The summed E-state index contributed by atoms with van der Waals surface area (Å²) in [5.41, 5.74) is 0.370. The summed E-state index contributed by atoms with van der Waals surface area (Å²) in [6.45, 7) is 5.53. The maximum atomic E-state index is 13.3. The van der Waals surface area contributed by atoms with Gasteiger partial charge in [-0.05, 0) is 44.4 Å². The normalized spacial score (nSPS) is 15.2. The number of fused-ring (bicyclic) bond motifs is 1. The Morgan fingerprint density at radius 3 is 2.41 bits per heavy atom. The van der Waals surface area contributed by atoms with Crippen LogP contribution in [0.5, 0.6) is 0 Å². The molecule has 184 valence electrons. The highest BCUT2D eigenvalue weighted by Gasteiger charge is 2.24. The van der Waals surface area contributed by atoms with Crippen molar-refractivity contribution < 1.29 is 13.2 Å². The highest BCUT2D eigenvalue weighted by Crippen LogP contribution is 2.25. The Balaban J connectivity index is 1.90. The Kier molecular flexibility index (Phi) is 6.85. The number of primary sulfonamides is 1. The lowest BCUT2D eigenvalue weighted by Gasteiger charge is -2.24. The van der Waals surface area contributed by atoms with E-state index in [1.165, 1.54) is 21.3 Å². The molecular weight excluding hydrogens is 484 g/mol. The van der Waals surface area contributed by atoms with Gasteiger partial charge in [-0.3, -0.25) is 18.5 Å². The van der Waals surface area contributed by atoms with E-state index in [1.54, 1.807) is 17.6 Å². The Hall–Kier alpha value is -2.67. The van der Waals surface area contributed by atoms with Gasteiger partial charge in [-0.1, -0.05) is 17.7 Å². The molecule has 13 heteroatoms. The first kappa shape index (κ1) is 24.5. The van der Waals surface area contributed by atoms with Crippen LogP contribution < -0.4 is 21.7 Å². The van der Waals surface area contributed by atoms with Crippen LogP contribution in [0.1, 0.15) is 32.3 Å². The fraction of sp³-hybridized carbons (Fsp3) is 0.476. The van der Waals surface area contributed by atoms with E-state index in [0.717, 1.165) is 12.8 Å². The minimum atomic E-state index is -3.97. The summed E-state index contributed by atoms with van der Waals surface area (Å²) >= 11 is 6.19. The van der Waals surface area contributed by atoms with Crippen LogP contribution >= 0.6 is 11.6 Å². The maximum Gasteiger partial charge on any atom is 0.332 e. The molecule has 34 heavy (non-hydrogen) atoms. The van der Waals surface area contributed by atoms with Gasteiger partial charge in [0.15, 0.2) is 11.2 Å². The van der Waals surface area contributed by atoms with Gasteiger partial charge >= 0.3 is 5.69 Å². The van der Waals surface area contributed by atoms with Gasteiger partial charge in [0.1, 0.15) is 4.90 Å². The van der Waals surface area contributed by atoms with E-state index in [1.807, 2.05) is 6.92 Å². The predicted molar refractivity (Wildman–Crippen MR) is 129 cm³/mol. The van der Waals surface area contributed by atoms with Gasteiger partial charge in [-0.25, -0.2) is 18.4 Å². The number of aromatic nitrogens is 4. The maximum absolute atomic E-state index is 13.3. The molecule has 0 bridgehead atoms. The van der Waals surface area contributed by atoms with E-state index in [2.05, 4.69) is 10.3 Å². The smallest absolute Gasteiger partial charge is 0.332 e. The van der Waals surface area contributed by atoms with Gasteiger partial charge in [-0.15, -0.1) is 0 Å². The third-order valence-corrected chi connectivity index (χ3v) is 7.34. The van der Waals surface area contributed by atoms with Crippen LogP contribution in [0.3, 0.4) is 0 Å². The average Bonchev–Trinajstić information content (AvgIpc) is 3.12. The molecule has 3 aromatic rings. The average molecular weight is 511 g/mol. The third-order valence-electron chi connectivity index (χ3n) is 5.94. The number of rotatable bonds is 7. The van der Waals surface area contributed by atoms with Crippen LogP contribution in [0, 0.1) is 0 Å². The first-order chi connectivity index (χ1) is 16.2. The van der Waals surface area contributed by atoms with Crippen molar-refractivity contribution in [3.05, 3.63) is 49.6 Å². The zero-order valence-corrected chi connectivity index (χ0v) is 20.5. The van der Waals surface area contributed by atoms with Crippen molar-refractivity contribution in [1.82, 2.24) is 18.7 Å². The van der Waals surface area contributed by atoms with Crippen LogP contribution in [0.25, 0.3) is 11.2 Å². The molecule has 0 atom stereocenters. The molecule has 0 radical (unpaired) electrons. The zero-order chi connectivity index (χ0) is 24.6. The standard InChI is InChI=1S/C21H27ClN6O5S/c1-3-26-18-17(19(29)27(4-2)21(26)30)28(20(25-18)24-14-7-9-33-10-8-14)12-13-5-6-16(15(22)11-13)34(23,31)32/h5-6,11,14H,3-4,7-10,12H2,1-2H3,(H,24,25)(H2,23,31,32). The molecule has 1 fully saturated rings. The molecule has 11 nitrogen and oxygen atoms in total. The highest BCUT2D eigenvalue weighted by atomic mass is 35.5. The van der Waals surface area contributed by atoms with Gasteiger partial charge in [-0.2, -0.15) is 4.98 Å². The van der Waals surface area contributed by atoms with Crippen molar-refractivity contribution in [3.8, 4) is 0 Å². The number of aryl methyl sites for hydroxylation is 1. The van der Waals surface area contributed by atoms with Crippen LogP contribution in [-0.4, -0.2) is 46.4 Å². The number of nitrogens with one attached hydrogen (secondary N) is 1. The van der Waals surface area contributed by atoms with Gasteiger partial charge in [0.05, 0.1) is 11.6 Å². The number of anilines is 1. The minimum absolute atomic E-state index is 0.0141. The number of sulfonamides is 1. The first-order valence-electron chi connectivity index (χ1n) is 11.0. The SMILES string of the molecule is CCn1c(=O)c2c(nc(NC3CCOCC3)n2Cc2ccc(S(N)(=O)=O)c(Cl)c2)n(CC)c1=O. The fourth-order valence-corrected chi connectivity index (χ4v) is 5.31. The van der Waals surface area contributed by atoms with Gasteiger partial charge in [0, 0.05) is 32.3 Å². The molecule has 3 N–H and O–H groups in total. The van der Waals surface area contributed by atoms with E-state index in [-0.39, 0.29) is 34.6 Å². The molecule has 0 saturated carbocycles. The van der Waals surface area contributed by atoms with Crippen molar-refractivity contribution in [2.75, 3.05) is 18.5 Å². The van der Waals surface area contributed by atoms with Crippen molar-refractivity contribution in [3.63, 3.8) is 0 Å². The number of hydrogen-bond acceptors (Lipinski definition) is 7. The summed E-state index contributed by atoms with van der Waals surface area (Å²) in [5, 5.41) is 8.61. The van der Waals surface area contributed by atoms with Gasteiger partial charge in [0.2, 0.25) is 16.0 Å².